The number of morpholine rings is 1. The summed E-state index contributed by atoms with van der Waals surface area (Å²) in [5, 5.41) is 8.99. The molecule has 1 aromatic carbocycles. The summed E-state index contributed by atoms with van der Waals surface area (Å²) in [7, 11) is 1.95. The molecular weight excluding hydrogens is 302 g/mol. The van der Waals surface area contributed by atoms with Gasteiger partial charge in [-0.15, -0.1) is 0 Å². The number of carbonyl (C=O) groups is 1. The summed E-state index contributed by atoms with van der Waals surface area (Å²) in [6, 6.07) is 9.98. The summed E-state index contributed by atoms with van der Waals surface area (Å²) in [6.45, 7) is 2.43. The van der Waals surface area contributed by atoms with E-state index in [0.29, 0.717) is 31.8 Å². The molecule has 2 aliphatic rings. The number of hydrogen-bond donors (Lipinski definition) is 0. The third-order valence-corrected chi connectivity index (χ3v) is 4.97. The van der Waals surface area contributed by atoms with Gasteiger partial charge in [0.25, 0.3) is 0 Å². The quantitative estimate of drug-likeness (QED) is 0.850. The zero-order chi connectivity index (χ0) is 16.9. The Morgan fingerprint density at radius 3 is 3.08 bits per heavy atom. The maximum absolute atomic E-state index is 12.8. The number of nitriles is 1. The van der Waals surface area contributed by atoms with E-state index in [1.54, 1.807) is 6.07 Å². The molecule has 1 saturated heterocycles. The molecular formula is C19H25N3O2. The minimum Gasteiger partial charge on any atom is -0.374 e. The maximum Gasteiger partial charge on any atom is 0.237 e. The Hall–Kier alpha value is -1.90. The van der Waals surface area contributed by atoms with E-state index in [4.69, 9.17) is 10.00 Å². The molecule has 0 N–H and O–H groups in total. The Balaban J connectivity index is 1.58. The van der Waals surface area contributed by atoms with Crippen molar-refractivity contribution < 1.29 is 9.53 Å². The van der Waals surface area contributed by atoms with Crippen molar-refractivity contribution >= 4 is 5.91 Å². The maximum atomic E-state index is 12.8. The molecule has 3 rings (SSSR count). The second-order valence-corrected chi connectivity index (χ2v) is 6.83. The van der Waals surface area contributed by atoms with Gasteiger partial charge < -0.3 is 9.64 Å². The second kappa shape index (κ2) is 7.78. The third kappa shape index (κ3) is 3.95. The predicted molar refractivity (Wildman–Crippen MR) is 91.2 cm³/mol. The molecule has 2 fully saturated rings. The first kappa shape index (κ1) is 16.9. The zero-order valence-electron chi connectivity index (χ0n) is 14.3. The Morgan fingerprint density at radius 1 is 1.42 bits per heavy atom. The SMILES string of the molecule is CN(CC(=O)N1CCO[C@@H]2CCCC[C@@H]21)Cc1cccc(C#N)c1. The van der Waals surface area contributed by atoms with Crippen LogP contribution in [0, 0.1) is 11.3 Å². The minimum atomic E-state index is 0.189. The Labute approximate surface area is 143 Å². The number of fused-ring (bicyclic) bond motifs is 1. The first-order chi connectivity index (χ1) is 11.7. The molecule has 24 heavy (non-hydrogen) atoms. The van der Waals surface area contributed by atoms with E-state index in [9.17, 15) is 4.79 Å². The highest BCUT2D eigenvalue weighted by molar-refractivity contribution is 5.78. The van der Waals surface area contributed by atoms with Crippen LogP contribution in [0.4, 0.5) is 0 Å². The van der Waals surface area contributed by atoms with Crippen LogP contribution >= 0.6 is 0 Å². The van der Waals surface area contributed by atoms with Crippen molar-refractivity contribution in [1.82, 2.24) is 9.80 Å². The van der Waals surface area contributed by atoms with Crippen LogP contribution in [0.15, 0.2) is 24.3 Å². The number of benzene rings is 1. The van der Waals surface area contributed by atoms with E-state index in [2.05, 4.69) is 6.07 Å². The molecule has 0 aromatic heterocycles. The van der Waals surface area contributed by atoms with Crippen molar-refractivity contribution in [2.24, 2.45) is 0 Å². The van der Waals surface area contributed by atoms with Crippen LogP contribution < -0.4 is 0 Å². The number of carbonyl (C=O) groups excluding carboxylic acids is 1. The number of amides is 1. The molecule has 1 heterocycles. The Morgan fingerprint density at radius 2 is 2.25 bits per heavy atom. The summed E-state index contributed by atoms with van der Waals surface area (Å²) in [6.07, 6.45) is 4.76. The van der Waals surface area contributed by atoms with Crippen LogP contribution in [0.5, 0.6) is 0 Å². The lowest BCUT2D eigenvalue weighted by atomic mass is 9.90. The molecule has 1 aromatic rings. The van der Waals surface area contributed by atoms with E-state index in [1.165, 1.54) is 12.8 Å². The summed E-state index contributed by atoms with van der Waals surface area (Å²) in [5.74, 6) is 0.189. The molecule has 0 radical (unpaired) electrons. The summed E-state index contributed by atoms with van der Waals surface area (Å²) < 4.78 is 5.85. The van der Waals surface area contributed by atoms with Crippen molar-refractivity contribution in [1.29, 1.82) is 5.26 Å². The van der Waals surface area contributed by atoms with Gasteiger partial charge in [0, 0.05) is 13.1 Å². The summed E-state index contributed by atoms with van der Waals surface area (Å²) in [5.41, 5.74) is 1.72. The van der Waals surface area contributed by atoms with E-state index in [-0.39, 0.29) is 18.1 Å². The van der Waals surface area contributed by atoms with E-state index < -0.39 is 0 Å². The van der Waals surface area contributed by atoms with Crippen LogP contribution in [-0.4, -0.2) is 54.6 Å². The lowest BCUT2D eigenvalue weighted by Crippen LogP contribution is -2.56. The highest BCUT2D eigenvalue weighted by atomic mass is 16.5. The lowest BCUT2D eigenvalue weighted by Gasteiger charge is -2.44. The number of ether oxygens (including phenoxy) is 1. The van der Waals surface area contributed by atoms with Crippen LogP contribution in [0.1, 0.15) is 36.8 Å². The van der Waals surface area contributed by atoms with Gasteiger partial charge in [-0.1, -0.05) is 25.0 Å². The van der Waals surface area contributed by atoms with E-state index in [0.717, 1.165) is 18.4 Å². The molecule has 5 heteroatoms. The first-order valence-corrected chi connectivity index (χ1v) is 8.76. The molecule has 2 atom stereocenters. The van der Waals surface area contributed by atoms with Crippen LogP contribution in [0.25, 0.3) is 0 Å². The molecule has 128 valence electrons. The van der Waals surface area contributed by atoms with Gasteiger partial charge in [-0.3, -0.25) is 9.69 Å². The van der Waals surface area contributed by atoms with Crippen molar-refractivity contribution in [3.8, 4) is 6.07 Å². The highest BCUT2D eigenvalue weighted by Crippen LogP contribution is 2.28. The largest absolute Gasteiger partial charge is 0.374 e. The molecule has 5 nitrogen and oxygen atoms in total. The van der Waals surface area contributed by atoms with Crippen molar-refractivity contribution in [3.63, 3.8) is 0 Å². The molecule has 0 unspecified atom stereocenters. The van der Waals surface area contributed by atoms with Crippen LogP contribution in [0.3, 0.4) is 0 Å². The molecule has 0 spiro atoms. The fraction of sp³-hybridized carbons (Fsp3) is 0.579. The van der Waals surface area contributed by atoms with Crippen molar-refractivity contribution in [2.45, 2.75) is 44.4 Å². The molecule has 1 amide bonds. The third-order valence-electron chi connectivity index (χ3n) is 4.97. The highest BCUT2D eigenvalue weighted by Gasteiger charge is 2.36. The summed E-state index contributed by atoms with van der Waals surface area (Å²) in [4.78, 5) is 16.8. The molecule has 1 saturated carbocycles. The zero-order valence-corrected chi connectivity index (χ0v) is 14.3. The van der Waals surface area contributed by atoms with Crippen LogP contribution in [0.2, 0.25) is 0 Å². The number of nitrogens with zero attached hydrogens (tertiary/aromatic N) is 3. The minimum absolute atomic E-state index is 0.189. The standard InChI is InChI=1S/C19H25N3O2/c1-21(13-16-6-4-5-15(11-16)12-20)14-19(23)22-9-10-24-18-8-3-2-7-17(18)22/h4-6,11,17-18H,2-3,7-10,13-14H2,1H3/t17-,18+/m0/s1. The molecule has 1 aliphatic heterocycles. The topological polar surface area (TPSA) is 56.6 Å². The van der Waals surface area contributed by atoms with Gasteiger partial charge in [0.2, 0.25) is 5.91 Å². The van der Waals surface area contributed by atoms with Gasteiger partial charge >= 0.3 is 0 Å². The monoisotopic (exact) mass is 327 g/mol. The summed E-state index contributed by atoms with van der Waals surface area (Å²) >= 11 is 0. The van der Waals surface area contributed by atoms with Gasteiger partial charge in [-0.2, -0.15) is 5.26 Å². The molecule has 1 aliphatic carbocycles. The van der Waals surface area contributed by atoms with Gasteiger partial charge in [0.1, 0.15) is 0 Å². The van der Waals surface area contributed by atoms with Gasteiger partial charge in [0.15, 0.2) is 0 Å². The fourth-order valence-corrected chi connectivity index (χ4v) is 3.83. The van der Waals surface area contributed by atoms with E-state index >= 15 is 0 Å². The normalized spacial score (nSPS) is 23.6. The lowest BCUT2D eigenvalue weighted by molar-refractivity contribution is -0.150. The van der Waals surface area contributed by atoms with Gasteiger partial charge in [-0.25, -0.2) is 0 Å². The first-order valence-electron chi connectivity index (χ1n) is 8.76. The second-order valence-electron chi connectivity index (χ2n) is 6.83. The van der Waals surface area contributed by atoms with Crippen molar-refractivity contribution in [3.05, 3.63) is 35.4 Å². The Kier molecular flexibility index (Phi) is 5.49. The van der Waals surface area contributed by atoms with Gasteiger partial charge in [0.05, 0.1) is 36.9 Å². The Bertz CT molecular complexity index is 623. The average Bonchev–Trinajstić information content (AvgIpc) is 2.61. The fourth-order valence-electron chi connectivity index (χ4n) is 3.83. The van der Waals surface area contributed by atoms with Gasteiger partial charge in [-0.05, 0) is 37.6 Å². The number of hydrogen-bond acceptors (Lipinski definition) is 4. The predicted octanol–water partition coefficient (Wildman–Crippen LogP) is 2.16. The number of rotatable bonds is 4. The smallest absolute Gasteiger partial charge is 0.237 e. The average molecular weight is 327 g/mol. The van der Waals surface area contributed by atoms with E-state index in [1.807, 2.05) is 35.0 Å². The van der Waals surface area contributed by atoms with Crippen LogP contribution in [-0.2, 0) is 16.1 Å². The van der Waals surface area contributed by atoms with Crippen molar-refractivity contribution in [2.75, 3.05) is 26.7 Å². The molecule has 0 bridgehead atoms. The number of likely N-dealkylation sites (N-methyl/N-ethyl adjacent to an activating group) is 1.